The Bertz CT molecular complexity index is 359. The number of ether oxygens (including phenoxy) is 1. The van der Waals surface area contributed by atoms with Crippen molar-refractivity contribution in [2.24, 2.45) is 16.1 Å². The van der Waals surface area contributed by atoms with E-state index in [2.05, 4.69) is 33.0 Å². The van der Waals surface area contributed by atoms with Crippen molar-refractivity contribution >= 4 is 29.9 Å². The van der Waals surface area contributed by atoms with Gasteiger partial charge in [-0.2, -0.15) is 0 Å². The number of nitrogens with two attached hydrogens (primary N) is 1. The molecule has 0 bridgehead atoms. The molecule has 2 atom stereocenters. The highest BCUT2D eigenvalue weighted by atomic mass is 127. The van der Waals surface area contributed by atoms with Crippen LogP contribution in [-0.2, 0) is 4.74 Å². The molecule has 0 aliphatic heterocycles. The van der Waals surface area contributed by atoms with Crippen molar-refractivity contribution in [2.45, 2.75) is 83.9 Å². The van der Waals surface area contributed by atoms with Crippen LogP contribution in [0.15, 0.2) is 4.99 Å². The Morgan fingerprint density at radius 3 is 2.43 bits per heavy atom. The van der Waals surface area contributed by atoms with Crippen molar-refractivity contribution < 1.29 is 4.74 Å². The van der Waals surface area contributed by atoms with Gasteiger partial charge >= 0.3 is 0 Å². The molecule has 2 fully saturated rings. The smallest absolute Gasteiger partial charge is 0.189 e. The summed E-state index contributed by atoms with van der Waals surface area (Å²) < 4.78 is 5.95. The molecule has 0 saturated heterocycles. The van der Waals surface area contributed by atoms with E-state index >= 15 is 0 Å². The van der Waals surface area contributed by atoms with Crippen LogP contribution in [0.2, 0.25) is 0 Å². The molecule has 0 aromatic carbocycles. The summed E-state index contributed by atoms with van der Waals surface area (Å²) in [7, 11) is 0. The van der Waals surface area contributed by atoms with Gasteiger partial charge in [-0.05, 0) is 47.0 Å². The van der Waals surface area contributed by atoms with Crippen LogP contribution in [0.4, 0.5) is 0 Å². The van der Waals surface area contributed by atoms with Gasteiger partial charge in [-0.25, -0.2) is 4.99 Å². The van der Waals surface area contributed by atoms with Gasteiger partial charge in [0.2, 0.25) is 0 Å². The maximum Gasteiger partial charge on any atom is 0.189 e. The van der Waals surface area contributed by atoms with Crippen molar-refractivity contribution in [2.75, 3.05) is 6.61 Å². The first kappa shape index (κ1) is 19.0. The fraction of sp³-hybridized carbons (Fsp3) is 0.938. The van der Waals surface area contributed by atoms with Crippen LogP contribution >= 0.6 is 24.0 Å². The summed E-state index contributed by atoms with van der Waals surface area (Å²) in [6.07, 6.45) is 7.88. The molecule has 2 unspecified atom stereocenters. The molecule has 2 rings (SSSR count). The number of hydrogen-bond donors (Lipinski definition) is 2. The highest BCUT2D eigenvalue weighted by Gasteiger charge is 2.55. The molecule has 2 aliphatic carbocycles. The zero-order valence-electron chi connectivity index (χ0n) is 13.9. The van der Waals surface area contributed by atoms with Crippen molar-refractivity contribution in [3.8, 4) is 0 Å². The fourth-order valence-electron chi connectivity index (χ4n) is 3.79. The predicted octanol–water partition coefficient (Wildman–Crippen LogP) is 3.44. The average Bonchev–Trinajstić information content (AvgIpc) is 2.36. The summed E-state index contributed by atoms with van der Waals surface area (Å²) in [6.45, 7) is 9.21. The molecule has 0 heterocycles. The molecule has 2 aliphatic rings. The second-order valence-corrected chi connectivity index (χ2v) is 7.38. The van der Waals surface area contributed by atoms with Gasteiger partial charge < -0.3 is 15.8 Å². The minimum absolute atomic E-state index is 0. The topological polar surface area (TPSA) is 59.6 Å². The molecular formula is C16H32IN3O. The summed E-state index contributed by atoms with van der Waals surface area (Å²) in [6, 6.07) is 0.342. The maximum atomic E-state index is 6.08. The Hall–Kier alpha value is -0.0400. The van der Waals surface area contributed by atoms with E-state index in [4.69, 9.17) is 15.5 Å². The second kappa shape index (κ2) is 7.49. The molecule has 3 N–H and O–H groups in total. The van der Waals surface area contributed by atoms with Gasteiger partial charge in [0.1, 0.15) is 0 Å². The number of rotatable bonds is 3. The first-order chi connectivity index (χ1) is 9.37. The Balaban J connectivity index is 0.00000220. The van der Waals surface area contributed by atoms with E-state index in [1.165, 1.54) is 32.1 Å². The van der Waals surface area contributed by atoms with Crippen LogP contribution in [-0.4, -0.2) is 30.3 Å². The standard InChI is InChI=1S/C16H31N3O.HI/c1-5-20-13-11-12(16(13)9-7-6-8-10-16)18-14(17)19-15(2,3)4;/h12-13H,5-11H2,1-4H3,(H3,17,18,19);1H. The van der Waals surface area contributed by atoms with E-state index in [1.807, 2.05) is 0 Å². The molecule has 0 aromatic heterocycles. The molecule has 4 nitrogen and oxygen atoms in total. The Morgan fingerprint density at radius 1 is 1.29 bits per heavy atom. The third-order valence-corrected chi connectivity index (χ3v) is 4.69. The fourth-order valence-corrected chi connectivity index (χ4v) is 3.79. The molecule has 0 amide bonds. The van der Waals surface area contributed by atoms with Crippen molar-refractivity contribution in [3.63, 3.8) is 0 Å². The summed E-state index contributed by atoms with van der Waals surface area (Å²) in [5.74, 6) is 0.586. The van der Waals surface area contributed by atoms with E-state index in [9.17, 15) is 0 Å². The average molecular weight is 409 g/mol. The summed E-state index contributed by atoms with van der Waals surface area (Å²) in [5, 5.41) is 3.27. The quantitative estimate of drug-likeness (QED) is 0.427. The SMILES string of the molecule is CCOC1CC(N=C(N)NC(C)(C)C)C12CCCCC2.I. The number of nitrogens with one attached hydrogen (secondary N) is 1. The highest BCUT2D eigenvalue weighted by Crippen LogP contribution is 2.54. The lowest BCUT2D eigenvalue weighted by Crippen LogP contribution is -2.59. The molecule has 124 valence electrons. The van der Waals surface area contributed by atoms with Crippen LogP contribution in [0.3, 0.4) is 0 Å². The van der Waals surface area contributed by atoms with Crippen molar-refractivity contribution in [1.82, 2.24) is 5.32 Å². The maximum absolute atomic E-state index is 6.08. The minimum Gasteiger partial charge on any atom is -0.378 e. The third-order valence-electron chi connectivity index (χ3n) is 4.69. The first-order valence-corrected chi connectivity index (χ1v) is 8.10. The molecule has 0 radical (unpaired) electrons. The molecule has 2 saturated carbocycles. The molecule has 1 spiro atoms. The first-order valence-electron chi connectivity index (χ1n) is 8.10. The van der Waals surface area contributed by atoms with Crippen LogP contribution in [0, 0.1) is 5.41 Å². The molecule has 5 heteroatoms. The van der Waals surface area contributed by atoms with Crippen molar-refractivity contribution in [3.05, 3.63) is 0 Å². The highest BCUT2D eigenvalue weighted by molar-refractivity contribution is 14.0. The van der Waals surface area contributed by atoms with Crippen molar-refractivity contribution in [1.29, 1.82) is 0 Å². The van der Waals surface area contributed by atoms with E-state index < -0.39 is 0 Å². The normalized spacial score (nSPS) is 28.7. The number of guanidine groups is 1. The number of aliphatic imine (C=N–C) groups is 1. The van der Waals surface area contributed by atoms with E-state index in [1.54, 1.807) is 0 Å². The van der Waals surface area contributed by atoms with Gasteiger partial charge in [-0.3, -0.25) is 0 Å². The monoisotopic (exact) mass is 409 g/mol. The van der Waals surface area contributed by atoms with Crippen LogP contribution in [0.5, 0.6) is 0 Å². The Labute approximate surface area is 146 Å². The summed E-state index contributed by atoms with van der Waals surface area (Å²) in [4.78, 5) is 4.78. The van der Waals surface area contributed by atoms with Gasteiger partial charge in [0.05, 0.1) is 12.1 Å². The zero-order chi connectivity index (χ0) is 14.8. The lowest BCUT2D eigenvalue weighted by molar-refractivity contribution is -0.139. The van der Waals surface area contributed by atoms with Gasteiger partial charge in [0, 0.05) is 17.6 Å². The zero-order valence-corrected chi connectivity index (χ0v) is 16.3. The van der Waals surface area contributed by atoms with Gasteiger partial charge in [0.15, 0.2) is 5.96 Å². The lowest BCUT2D eigenvalue weighted by atomic mass is 9.55. The van der Waals surface area contributed by atoms with Crippen LogP contribution in [0.25, 0.3) is 0 Å². The van der Waals surface area contributed by atoms with Gasteiger partial charge in [-0.15, -0.1) is 24.0 Å². The number of hydrogen-bond acceptors (Lipinski definition) is 2. The van der Waals surface area contributed by atoms with Gasteiger partial charge in [-0.1, -0.05) is 19.3 Å². The molecular weight excluding hydrogens is 377 g/mol. The molecule has 0 aromatic rings. The summed E-state index contributed by atoms with van der Waals surface area (Å²) >= 11 is 0. The lowest BCUT2D eigenvalue weighted by Gasteiger charge is -2.56. The molecule has 21 heavy (non-hydrogen) atoms. The van der Waals surface area contributed by atoms with E-state index in [0.717, 1.165) is 13.0 Å². The van der Waals surface area contributed by atoms with E-state index in [0.29, 0.717) is 18.1 Å². The minimum atomic E-state index is -0.0314. The van der Waals surface area contributed by atoms with Crippen LogP contribution in [0.1, 0.15) is 66.2 Å². The Morgan fingerprint density at radius 2 is 1.90 bits per heavy atom. The second-order valence-electron chi connectivity index (χ2n) is 7.38. The number of nitrogens with zero attached hydrogens (tertiary/aromatic N) is 1. The van der Waals surface area contributed by atoms with Crippen LogP contribution < -0.4 is 11.1 Å². The Kier molecular flexibility index (Phi) is 6.78. The largest absolute Gasteiger partial charge is 0.378 e. The summed E-state index contributed by atoms with van der Waals surface area (Å²) in [5.41, 5.74) is 6.31. The van der Waals surface area contributed by atoms with Gasteiger partial charge in [0.25, 0.3) is 0 Å². The number of halogens is 1. The third kappa shape index (κ3) is 4.47. The van der Waals surface area contributed by atoms with E-state index in [-0.39, 0.29) is 34.9 Å². The predicted molar refractivity (Wildman–Crippen MR) is 99.3 cm³/mol.